The standard InChI is InChI=1S/C18H18F3N3O5S/c1-30(28,29)23(13-6-4-7-14(12-13)24(26)27)11-5-10-17(25)22-16-9-3-2-8-15(16)18(19,20)21/h2-4,6-9,12H,5,10-11H2,1H3,(H,22,25). The van der Waals surface area contributed by atoms with Crippen LogP contribution in [0.15, 0.2) is 48.5 Å². The Kier molecular flexibility index (Phi) is 7.03. The first-order chi connectivity index (χ1) is 13.9. The van der Waals surface area contributed by atoms with E-state index < -0.39 is 38.3 Å². The van der Waals surface area contributed by atoms with E-state index in [0.29, 0.717) is 0 Å². The molecule has 30 heavy (non-hydrogen) atoms. The molecule has 162 valence electrons. The third-order valence-corrected chi connectivity index (χ3v) is 5.19. The summed E-state index contributed by atoms with van der Waals surface area (Å²) < 4.78 is 64.0. The highest BCUT2D eigenvalue weighted by molar-refractivity contribution is 7.92. The van der Waals surface area contributed by atoms with E-state index >= 15 is 0 Å². The minimum atomic E-state index is -4.64. The van der Waals surface area contributed by atoms with Gasteiger partial charge in [-0.25, -0.2) is 8.42 Å². The molecule has 0 saturated heterocycles. The van der Waals surface area contributed by atoms with E-state index in [0.717, 1.165) is 28.8 Å². The lowest BCUT2D eigenvalue weighted by molar-refractivity contribution is -0.384. The van der Waals surface area contributed by atoms with Crippen molar-refractivity contribution < 1.29 is 31.3 Å². The summed E-state index contributed by atoms with van der Waals surface area (Å²) in [5.41, 5.74) is -1.64. The van der Waals surface area contributed by atoms with E-state index in [4.69, 9.17) is 0 Å². The molecular weight excluding hydrogens is 427 g/mol. The fourth-order valence-corrected chi connectivity index (χ4v) is 3.64. The van der Waals surface area contributed by atoms with E-state index in [-0.39, 0.29) is 30.8 Å². The van der Waals surface area contributed by atoms with Gasteiger partial charge in [-0.2, -0.15) is 13.2 Å². The molecule has 0 radical (unpaired) electrons. The SMILES string of the molecule is CS(=O)(=O)N(CCCC(=O)Nc1ccccc1C(F)(F)F)c1cccc([N+](=O)[O-])c1. The molecule has 2 rings (SSSR count). The lowest BCUT2D eigenvalue weighted by Gasteiger charge is -2.22. The molecule has 0 atom stereocenters. The predicted molar refractivity (Wildman–Crippen MR) is 105 cm³/mol. The number of para-hydroxylation sites is 1. The van der Waals surface area contributed by atoms with Gasteiger partial charge < -0.3 is 5.32 Å². The lowest BCUT2D eigenvalue weighted by Crippen LogP contribution is -2.31. The van der Waals surface area contributed by atoms with Crippen molar-refractivity contribution in [3.63, 3.8) is 0 Å². The van der Waals surface area contributed by atoms with Gasteiger partial charge >= 0.3 is 6.18 Å². The molecule has 1 N–H and O–H groups in total. The predicted octanol–water partition coefficient (Wildman–Crippen LogP) is 3.80. The molecule has 0 unspecified atom stereocenters. The lowest BCUT2D eigenvalue weighted by atomic mass is 10.1. The summed E-state index contributed by atoms with van der Waals surface area (Å²) in [6.07, 6.45) is -4.01. The summed E-state index contributed by atoms with van der Waals surface area (Å²) >= 11 is 0. The third-order valence-electron chi connectivity index (χ3n) is 4.00. The minimum absolute atomic E-state index is 0.0181. The van der Waals surface area contributed by atoms with Crippen molar-refractivity contribution in [3.8, 4) is 0 Å². The first-order valence-electron chi connectivity index (χ1n) is 8.58. The highest BCUT2D eigenvalue weighted by atomic mass is 32.2. The van der Waals surface area contributed by atoms with Crippen LogP contribution < -0.4 is 9.62 Å². The maximum Gasteiger partial charge on any atom is 0.418 e. The smallest absolute Gasteiger partial charge is 0.326 e. The van der Waals surface area contributed by atoms with Crippen molar-refractivity contribution in [1.29, 1.82) is 0 Å². The van der Waals surface area contributed by atoms with Crippen LogP contribution in [0.25, 0.3) is 0 Å². The summed E-state index contributed by atoms with van der Waals surface area (Å²) in [4.78, 5) is 22.3. The number of nitrogens with zero attached hydrogens (tertiary/aromatic N) is 2. The van der Waals surface area contributed by atoms with Crippen LogP contribution in [-0.4, -0.2) is 32.0 Å². The van der Waals surface area contributed by atoms with Crippen LogP contribution in [0, 0.1) is 10.1 Å². The number of halogens is 3. The Labute approximate surface area is 170 Å². The fraction of sp³-hybridized carbons (Fsp3) is 0.278. The molecule has 0 bridgehead atoms. The normalized spacial score (nSPS) is 11.7. The van der Waals surface area contributed by atoms with Gasteiger partial charge in [-0.15, -0.1) is 0 Å². The van der Waals surface area contributed by atoms with Gasteiger partial charge in [-0.3, -0.25) is 19.2 Å². The number of nitro groups is 1. The molecule has 0 heterocycles. The molecule has 0 aromatic heterocycles. The van der Waals surface area contributed by atoms with Crippen molar-refractivity contribution in [2.24, 2.45) is 0 Å². The average Bonchev–Trinajstić information content (AvgIpc) is 2.64. The van der Waals surface area contributed by atoms with Gasteiger partial charge in [0.05, 0.1) is 28.1 Å². The molecule has 0 aliphatic heterocycles. The molecule has 0 aliphatic carbocycles. The number of nitrogens with one attached hydrogen (secondary N) is 1. The van der Waals surface area contributed by atoms with E-state index in [1.165, 1.54) is 30.3 Å². The van der Waals surface area contributed by atoms with Gasteiger partial charge in [-0.05, 0) is 24.6 Å². The average molecular weight is 445 g/mol. The van der Waals surface area contributed by atoms with Crippen LogP contribution in [0.5, 0.6) is 0 Å². The van der Waals surface area contributed by atoms with Crippen molar-refractivity contribution in [3.05, 3.63) is 64.2 Å². The maximum absolute atomic E-state index is 13.0. The van der Waals surface area contributed by atoms with E-state index in [1.54, 1.807) is 0 Å². The second-order valence-electron chi connectivity index (χ2n) is 6.31. The van der Waals surface area contributed by atoms with Gasteiger partial charge in [0.15, 0.2) is 0 Å². The number of non-ortho nitro benzene ring substituents is 1. The maximum atomic E-state index is 13.0. The van der Waals surface area contributed by atoms with Gasteiger partial charge in [0.2, 0.25) is 15.9 Å². The Bertz CT molecular complexity index is 1040. The monoisotopic (exact) mass is 445 g/mol. The largest absolute Gasteiger partial charge is 0.418 e. The number of carbonyl (C=O) groups excluding carboxylic acids is 1. The molecule has 0 spiro atoms. The van der Waals surface area contributed by atoms with Crippen LogP contribution in [0.4, 0.5) is 30.2 Å². The number of hydrogen-bond acceptors (Lipinski definition) is 5. The molecule has 1 amide bonds. The second-order valence-corrected chi connectivity index (χ2v) is 8.21. The summed E-state index contributed by atoms with van der Waals surface area (Å²) in [5.74, 6) is -0.723. The highest BCUT2D eigenvalue weighted by Gasteiger charge is 2.33. The van der Waals surface area contributed by atoms with Crippen LogP contribution in [0.1, 0.15) is 18.4 Å². The number of nitro benzene ring substituents is 1. The minimum Gasteiger partial charge on any atom is -0.326 e. The third kappa shape index (κ3) is 6.17. The van der Waals surface area contributed by atoms with Gasteiger partial charge in [0, 0.05) is 25.1 Å². The zero-order valence-corrected chi connectivity index (χ0v) is 16.5. The molecule has 0 aliphatic rings. The number of benzene rings is 2. The summed E-state index contributed by atoms with van der Waals surface area (Å²) in [6, 6.07) is 9.48. The molecule has 0 saturated carbocycles. The summed E-state index contributed by atoms with van der Waals surface area (Å²) in [7, 11) is -3.81. The topological polar surface area (TPSA) is 110 Å². The van der Waals surface area contributed by atoms with Crippen LogP contribution in [-0.2, 0) is 21.0 Å². The molecule has 0 fully saturated rings. The number of sulfonamides is 1. The van der Waals surface area contributed by atoms with E-state index in [9.17, 15) is 36.5 Å². The molecule has 2 aromatic rings. The van der Waals surface area contributed by atoms with Crippen molar-refractivity contribution in [1.82, 2.24) is 0 Å². The van der Waals surface area contributed by atoms with Gasteiger partial charge in [0.1, 0.15) is 0 Å². The quantitative estimate of drug-likeness (QED) is 0.491. The zero-order valence-electron chi connectivity index (χ0n) is 15.7. The fourth-order valence-electron chi connectivity index (χ4n) is 2.68. The number of anilines is 2. The van der Waals surface area contributed by atoms with Crippen LogP contribution in [0.2, 0.25) is 0 Å². The summed E-state index contributed by atoms with van der Waals surface area (Å²) in [5, 5.41) is 13.1. The van der Waals surface area contributed by atoms with E-state index in [1.807, 2.05) is 0 Å². The molecule has 2 aromatic carbocycles. The number of amides is 1. The molecular formula is C18H18F3N3O5S. The summed E-state index contributed by atoms with van der Waals surface area (Å²) in [6.45, 7) is -0.186. The Hall–Kier alpha value is -3.15. The Morgan fingerprint density at radius 1 is 1.17 bits per heavy atom. The Morgan fingerprint density at radius 2 is 1.83 bits per heavy atom. The first kappa shape index (κ1) is 23.1. The van der Waals surface area contributed by atoms with Crippen LogP contribution in [0.3, 0.4) is 0 Å². The first-order valence-corrected chi connectivity index (χ1v) is 10.4. The molecule has 12 heteroatoms. The number of hydrogen-bond donors (Lipinski definition) is 1. The van der Waals surface area contributed by atoms with Crippen molar-refractivity contribution >= 4 is 33.0 Å². The van der Waals surface area contributed by atoms with Gasteiger partial charge in [-0.1, -0.05) is 18.2 Å². The van der Waals surface area contributed by atoms with Crippen LogP contribution >= 0.6 is 0 Å². The second kappa shape index (κ2) is 9.11. The Morgan fingerprint density at radius 3 is 2.43 bits per heavy atom. The van der Waals surface area contributed by atoms with Gasteiger partial charge in [0.25, 0.3) is 5.69 Å². The number of rotatable bonds is 8. The highest BCUT2D eigenvalue weighted by Crippen LogP contribution is 2.34. The van der Waals surface area contributed by atoms with Crippen molar-refractivity contribution in [2.75, 3.05) is 22.4 Å². The molecule has 8 nitrogen and oxygen atoms in total. The zero-order chi connectivity index (χ0) is 22.5. The number of carbonyl (C=O) groups is 1. The van der Waals surface area contributed by atoms with E-state index in [2.05, 4.69) is 5.32 Å². The Balaban J connectivity index is 2.07. The number of alkyl halides is 3. The van der Waals surface area contributed by atoms with Crippen molar-refractivity contribution in [2.45, 2.75) is 19.0 Å².